The highest BCUT2D eigenvalue weighted by Gasteiger charge is 2.10. The van der Waals surface area contributed by atoms with Crippen LogP contribution in [0.3, 0.4) is 0 Å². The van der Waals surface area contributed by atoms with Crippen molar-refractivity contribution in [1.29, 1.82) is 0 Å². The van der Waals surface area contributed by atoms with Gasteiger partial charge in [-0.3, -0.25) is 4.90 Å². The van der Waals surface area contributed by atoms with Crippen LogP contribution in [0.2, 0.25) is 0 Å². The zero-order chi connectivity index (χ0) is 20.3. The van der Waals surface area contributed by atoms with Crippen molar-refractivity contribution >= 4 is 17.8 Å². The summed E-state index contributed by atoms with van der Waals surface area (Å²) in [6.45, 7) is 7.81. The minimum Gasteiger partial charge on any atom is -0.379 e. The molecule has 0 spiro atoms. The van der Waals surface area contributed by atoms with Crippen molar-refractivity contribution in [2.45, 2.75) is 25.8 Å². The fraction of sp³-hybridized carbons (Fsp3) is 0.435. The maximum Gasteiger partial charge on any atom is 0.315 e. The molecule has 5 nitrogen and oxygen atoms in total. The predicted molar refractivity (Wildman–Crippen MR) is 120 cm³/mol. The Morgan fingerprint density at radius 2 is 1.79 bits per heavy atom. The minimum atomic E-state index is -0.112. The van der Waals surface area contributed by atoms with Gasteiger partial charge < -0.3 is 15.4 Å². The van der Waals surface area contributed by atoms with Crippen molar-refractivity contribution in [2.24, 2.45) is 0 Å². The number of hydrogen-bond acceptors (Lipinski definition) is 4. The zero-order valence-corrected chi connectivity index (χ0v) is 18.0. The number of carbonyl (C=O) groups excluding carboxylic acids is 1. The highest BCUT2D eigenvalue weighted by Crippen LogP contribution is 2.12. The molecule has 0 atom stereocenters. The van der Waals surface area contributed by atoms with E-state index in [1.165, 1.54) is 16.7 Å². The van der Waals surface area contributed by atoms with Crippen LogP contribution in [0.4, 0.5) is 4.79 Å². The van der Waals surface area contributed by atoms with Gasteiger partial charge in [0.25, 0.3) is 0 Å². The first-order valence-electron chi connectivity index (χ1n) is 10.2. The molecule has 0 saturated carbocycles. The molecule has 6 heteroatoms. The Bertz CT molecular complexity index is 761. The number of carbonyl (C=O) groups is 1. The van der Waals surface area contributed by atoms with Crippen LogP contribution in [0.25, 0.3) is 0 Å². The lowest BCUT2D eigenvalue weighted by atomic mass is 10.1. The lowest BCUT2D eigenvalue weighted by molar-refractivity contribution is 0.0342. The van der Waals surface area contributed by atoms with E-state index in [4.69, 9.17) is 4.74 Å². The number of morpholine rings is 1. The minimum absolute atomic E-state index is 0.112. The molecule has 2 N–H and O–H groups in total. The van der Waals surface area contributed by atoms with Crippen LogP contribution in [0.1, 0.15) is 22.3 Å². The lowest BCUT2D eigenvalue weighted by Gasteiger charge is -2.26. The summed E-state index contributed by atoms with van der Waals surface area (Å²) >= 11 is 1.83. The Balaban J connectivity index is 1.30. The average Bonchev–Trinajstić information content (AvgIpc) is 2.74. The first-order chi connectivity index (χ1) is 14.2. The van der Waals surface area contributed by atoms with Crippen molar-refractivity contribution in [1.82, 2.24) is 15.5 Å². The average molecular weight is 414 g/mol. The van der Waals surface area contributed by atoms with E-state index in [2.05, 4.69) is 71.0 Å². The SMILES string of the molecule is Cc1ccc(CSCCNC(=O)NCc2cccc(CN3CCOCC3)c2)cc1. The maximum absolute atomic E-state index is 12.0. The Morgan fingerprint density at radius 3 is 2.59 bits per heavy atom. The third-order valence-electron chi connectivity index (χ3n) is 4.88. The Hall–Kier alpha value is -2.02. The Morgan fingerprint density at radius 1 is 1.03 bits per heavy atom. The molecule has 2 aromatic rings. The number of aryl methyl sites for hydroxylation is 1. The fourth-order valence-corrected chi connectivity index (χ4v) is 4.03. The van der Waals surface area contributed by atoms with Gasteiger partial charge in [0.05, 0.1) is 13.2 Å². The molecule has 1 heterocycles. The normalized spacial score (nSPS) is 14.5. The van der Waals surface area contributed by atoms with Gasteiger partial charge in [-0.1, -0.05) is 54.1 Å². The van der Waals surface area contributed by atoms with Crippen LogP contribution >= 0.6 is 11.8 Å². The second-order valence-corrected chi connectivity index (χ2v) is 8.46. The summed E-state index contributed by atoms with van der Waals surface area (Å²) in [5, 5.41) is 5.89. The van der Waals surface area contributed by atoms with Gasteiger partial charge in [-0.2, -0.15) is 11.8 Å². The van der Waals surface area contributed by atoms with Crippen LogP contribution in [0.15, 0.2) is 48.5 Å². The summed E-state index contributed by atoms with van der Waals surface area (Å²) in [5.41, 5.74) is 5.00. The van der Waals surface area contributed by atoms with Crippen molar-refractivity contribution in [2.75, 3.05) is 38.6 Å². The molecule has 0 unspecified atom stereocenters. The van der Waals surface area contributed by atoms with Crippen molar-refractivity contribution in [3.05, 3.63) is 70.8 Å². The highest BCUT2D eigenvalue weighted by molar-refractivity contribution is 7.98. The van der Waals surface area contributed by atoms with E-state index < -0.39 is 0 Å². The first kappa shape index (κ1) is 21.7. The Labute approximate surface area is 178 Å². The largest absolute Gasteiger partial charge is 0.379 e. The molecule has 1 aliphatic rings. The molecule has 2 amide bonds. The maximum atomic E-state index is 12.0. The summed E-state index contributed by atoms with van der Waals surface area (Å²) in [7, 11) is 0. The molecule has 1 aliphatic heterocycles. The second kappa shape index (κ2) is 11.9. The van der Waals surface area contributed by atoms with Crippen molar-refractivity contribution in [3.8, 4) is 0 Å². The molecule has 0 aliphatic carbocycles. The van der Waals surface area contributed by atoms with E-state index in [1.807, 2.05) is 11.8 Å². The number of ether oxygens (including phenoxy) is 1. The molecule has 1 saturated heterocycles. The van der Waals surface area contributed by atoms with Gasteiger partial charge in [0.15, 0.2) is 0 Å². The smallest absolute Gasteiger partial charge is 0.315 e. The monoisotopic (exact) mass is 413 g/mol. The standard InChI is InChI=1S/C23H31N3O2S/c1-19-5-7-20(8-6-19)18-29-14-9-24-23(27)25-16-21-3-2-4-22(15-21)17-26-10-12-28-13-11-26/h2-8,15H,9-14,16-18H2,1H3,(H2,24,25,27). The molecular formula is C23H31N3O2S. The summed E-state index contributed by atoms with van der Waals surface area (Å²) in [5.74, 6) is 1.87. The van der Waals surface area contributed by atoms with E-state index >= 15 is 0 Å². The van der Waals surface area contributed by atoms with E-state index in [-0.39, 0.29) is 6.03 Å². The molecule has 0 bridgehead atoms. The van der Waals surface area contributed by atoms with Gasteiger partial charge in [-0.05, 0) is 23.6 Å². The molecule has 0 radical (unpaired) electrons. The highest BCUT2D eigenvalue weighted by atomic mass is 32.2. The zero-order valence-electron chi connectivity index (χ0n) is 17.2. The van der Waals surface area contributed by atoms with Crippen molar-refractivity contribution in [3.63, 3.8) is 0 Å². The summed E-state index contributed by atoms with van der Waals surface area (Å²) in [6, 6.07) is 16.9. The molecule has 29 heavy (non-hydrogen) atoms. The number of hydrogen-bond donors (Lipinski definition) is 2. The lowest BCUT2D eigenvalue weighted by Crippen LogP contribution is -2.36. The fourth-order valence-electron chi connectivity index (χ4n) is 3.21. The third kappa shape index (κ3) is 8.09. The number of thioether (sulfide) groups is 1. The van der Waals surface area contributed by atoms with Gasteiger partial charge in [0.1, 0.15) is 0 Å². The summed E-state index contributed by atoms with van der Waals surface area (Å²) in [4.78, 5) is 14.4. The molecule has 156 valence electrons. The third-order valence-corrected chi connectivity index (χ3v) is 5.91. The number of benzene rings is 2. The predicted octanol–water partition coefficient (Wildman–Crippen LogP) is 3.56. The van der Waals surface area contributed by atoms with Crippen LogP contribution in [0, 0.1) is 6.92 Å². The summed E-state index contributed by atoms with van der Waals surface area (Å²) in [6.07, 6.45) is 0. The second-order valence-electron chi connectivity index (χ2n) is 7.36. The van der Waals surface area contributed by atoms with Crippen molar-refractivity contribution < 1.29 is 9.53 Å². The van der Waals surface area contributed by atoms with Crippen LogP contribution in [-0.4, -0.2) is 49.5 Å². The van der Waals surface area contributed by atoms with Gasteiger partial charge >= 0.3 is 6.03 Å². The number of nitrogens with zero attached hydrogens (tertiary/aromatic N) is 1. The van der Waals surface area contributed by atoms with Crippen LogP contribution in [-0.2, 0) is 23.6 Å². The van der Waals surface area contributed by atoms with Crippen LogP contribution in [0.5, 0.6) is 0 Å². The molecule has 2 aromatic carbocycles. The van der Waals surface area contributed by atoms with Crippen LogP contribution < -0.4 is 10.6 Å². The topological polar surface area (TPSA) is 53.6 Å². The van der Waals surface area contributed by atoms with Gasteiger partial charge in [0.2, 0.25) is 0 Å². The van der Waals surface area contributed by atoms with E-state index in [9.17, 15) is 4.79 Å². The molecule has 0 aromatic heterocycles. The summed E-state index contributed by atoms with van der Waals surface area (Å²) < 4.78 is 5.40. The number of amides is 2. The van der Waals surface area contributed by atoms with Gasteiger partial charge in [0, 0.05) is 44.2 Å². The number of nitrogens with one attached hydrogen (secondary N) is 2. The number of urea groups is 1. The quantitative estimate of drug-likeness (QED) is 0.617. The number of rotatable bonds is 9. The molecule has 1 fully saturated rings. The molecular weight excluding hydrogens is 382 g/mol. The first-order valence-corrected chi connectivity index (χ1v) is 11.4. The molecule has 3 rings (SSSR count). The van der Waals surface area contributed by atoms with Gasteiger partial charge in [-0.15, -0.1) is 0 Å². The van der Waals surface area contributed by atoms with E-state index in [0.29, 0.717) is 13.1 Å². The van der Waals surface area contributed by atoms with E-state index in [0.717, 1.165) is 49.9 Å². The van der Waals surface area contributed by atoms with E-state index in [1.54, 1.807) is 0 Å². The van der Waals surface area contributed by atoms with Gasteiger partial charge in [-0.25, -0.2) is 4.79 Å². The Kier molecular flexibility index (Phi) is 8.86.